The van der Waals surface area contributed by atoms with Crippen LogP contribution >= 0.6 is 0 Å². The predicted octanol–water partition coefficient (Wildman–Crippen LogP) is 1.83. The van der Waals surface area contributed by atoms with Crippen molar-refractivity contribution in [2.24, 2.45) is 5.73 Å². The van der Waals surface area contributed by atoms with Crippen molar-refractivity contribution < 1.29 is 0 Å². The van der Waals surface area contributed by atoms with E-state index in [1.807, 2.05) is 24.4 Å². The molecule has 20 heavy (non-hydrogen) atoms. The molecular weight excluding hydrogens is 250 g/mol. The Hall–Kier alpha value is -2.07. The van der Waals surface area contributed by atoms with Crippen molar-refractivity contribution in [1.82, 2.24) is 4.57 Å². The molecule has 0 unspecified atom stereocenters. The molecule has 0 saturated heterocycles. The first-order valence-electron chi connectivity index (χ1n) is 6.94. The predicted molar refractivity (Wildman–Crippen MR) is 82.9 cm³/mol. The molecule has 0 aliphatic rings. The summed E-state index contributed by atoms with van der Waals surface area (Å²) in [5, 5.41) is 0. The van der Waals surface area contributed by atoms with Gasteiger partial charge in [0.25, 0.3) is 5.56 Å². The Morgan fingerprint density at radius 1 is 1.15 bits per heavy atom. The Bertz CT molecular complexity index is 589. The first-order chi connectivity index (χ1) is 9.74. The molecule has 0 aliphatic heterocycles. The molecule has 1 aromatic heterocycles. The van der Waals surface area contributed by atoms with Gasteiger partial charge in [-0.05, 0) is 30.7 Å². The molecule has 0 radical (unpaired) electrons. The molecule has 0 aliphatic carbocycles. The fraction of sp³-hybridized carbons (Fsp3) is 0.312. The van der Waals surface area contributed by atoms with Crippen LogP contribution in [0.5, 0.6) is 0 Å². The topological polar surface area (TPSA) is 51.3 Å². The van der Waals surface area contributed by atoms with Gasteiger partial charge in [-0.1, -0.05) is 18.2 Å². The van der Waals surface area contributed by atoms with Gasteiger partial charge in [-0.15, -0.1) is 0 Å². The van der Waals surface area contributed by atoms with E-state index in [2.05, 4.69) is 24.0 Å². The zero-order chi connectivity index (χ0) is 14.4. The second-order valence-corrected chi connectivity index (χ2v) is 4.68. The Balaban J connectivity index is 2.05. The van der Waals surface area contributed by atoms with E-state index in [9.17, 15) is 4.79 Å². The number of benzene rings is 1. The first-order valence-corrected chi connectivity index (χ1v) is 6.94. The van der Waals surface area contributed by atoms with Gasteiger partial charge in [0.05, 0.1) is 0 Å². The second kappa shape index (κ2) is 6.91. The number of aromatic nitrogens is 1. The lowest BCUT2D eigenvalue weighted by Crippen LogP contribution is -2.30. The van der Waals surface area contributed by atoms with Gasteiger partial charge in [0.1, 0.15) is 0 Å². The lowest BCUT2D eigenvalue weighted by Gasteiger charge is -2.23. The third-order valence-corrected chi connectivity index (χ3v) is 3.43. The highest BCUT2D eigenvalue weighted by atomic mass is 16.1. The highest BCUT2D eigenvalue weighted by Gasteiger charge is 2.04. The maximum Gasteiger partial charge on any atom is 0.250 e. The summed E-state index contributed by atoms with van der Waals surface area (Å²) in [6, 6.07) is 13.5. The van der Waals surface area contributed by atoms with E-state index in [-0.39, 0.29) is 5.56 Å². The summed E-state index contributed by atoms with van der Waals surface area (Å²) in [4.78, 5) is 13.9. The average Bonchev–Trinajstić information content (AvgIpc) is 2.50. The minimum Gasteiger partial charge on any atom is -0.370 e. The van der Waals surface area contributed by atoms with Crippen LogP contribution in [0.15, 0.2) is 53.5 Å². The van der Waals surface area contributed by atoms with E-state index in [1.54, 1.807) is 16.7 Å². The van der Waals surface area contributed by atoms with E-state index in [0.29, 0.717) is 13.1 Å². The van der Waals surface area contributed by atoms with Crippen molar-refractivity contribution in [2.45, 2.75) is 20.0 Å². The molecule has 0 fully saturated rings. The third kappa shape index (κ3) is 3.48. The zero-order valence-corrected chi connectivity index (χ0v) is 11.8. The number of nitrogens with zero attached hydrogens (tertiary/aromatic N) is 2. The molecule has 0 amide bonds. The lowest BCUT2D eigenvalue weighted by molar-refractivity contribution is 0.645. The normalized spacial score (nSPS) is 10.5. The molecule has 0 atom stereocenters. The first kappa shape index (κ1) is 14.3. The average molecular weight is 271 g/mol. The summed E-state index contributed by atoms with van der Waals surface area (Å²) in [6.07, 6.45) is 1.83. The summed E-state index contributed by atoms with van der Waals surface area (Å²) in [6.45, 7) is 5.08. The van der Waals surface area contributed by atoms with Crippen LogP contribution in [0.3, 0.4) is 0 Å². The van der Waals surface area contributed by atoms with Gasteiger partial charge in [0.2, 0.25) is 0 Å². The molecule has 2 aromatic rings. The van der Waals surface area contributed by atoms with Gasteiger partial charge < -0.3 is 15.2 Å². The summed E-state index contributed by atoms with van der Waals surface area (Å²) in [5.74, 6) is 0. The quantitative estimate of drug-likeness (QED) is 0.872. The van der Waals surface area contributed by atoms with Crippen molar-refractivity contribution in [2.75, 3.05) is 18.0 Å². The van der Waals surface area contributed by atoms with Crippen LogP contribution in [0, 0.1) is 0 Å². The van der Waals surface area contributed by atoms with Gasteiger partial charge in [-0.25, -0.2) is 0 Å². The number of pyridine rings is 1. The van der Waals surface area contributed by atoms with E-state index >= 15 is 0 Å². The molecule has 2 rings (SSSR count). The van der Waals surface area contributed by atoms with E-state index < -0.39 is 0 Å². The van der Waals surface area contributed by atoms with Crippen molar-refractivity contribution in [3.8, 4) is 0 Å². The van der Waals surface area contributed by atoms with Crippen LogP contribution in [0.4, 0.5) is 5.69 Å². The van der Waals surface area contributed by atoms with Crippen LogP contribution < -0.4 is 16.2 Å². The molecule has 4 nitrogen and oxygen atoms in total. The highest BCUT2D eigenvalue weighted by Crippen LogP contribution is 2.14. The maximum absolute atomic E-state index is 11.7. The number of likely N-dealkylation sites (N-methyl/N-ethyl adjacent to an activating group) is 1. The van der Waals surface area contributed by atoms with Crippen molar-refractivity contribution in [3.63, 3.8) is 0 Å². The third-order valence-electron chi connectivity index (χ3n) is 3.43. The molecule has 1 aromatic carbocycles. The summed E-state index contributed by atoms with van der Waals surface area (Å²) < 4.78 is 1.73. The fourth-order valence-corrected chi connectivity index (χ4v) is 2.19. The van der Waals surface area contributed by atoms with Crippen LogP contribution in [0.1, 0.15) is 12.5 Å². The van der Waals surface area contributed by atoms with Gasteiger partial charge in [-0.2, -0.15) is 0 Å². The minimum atomic E-state index is 0.0435. The van der Waals surface area contributed by atoms with Crippen LogP contribution in [-0.2, 0) is 13.1 Å². The number of nitrogens with two attached hydrogens (primary N) is 1. The molecule has 106 valence electrons. The Labute approximate surface area is 119 Å². The minimum absolute atomic E-state index is 0.0435. The van der Waals surface area contributed by atoms with Gasteiger partial charge >= 0.3 is 0 Å². The Morgan fingerprint density at radius 2 is 1.90 bits per heavy atom. The van der Waals surface area contributed by atoms with Crippen molar-refractivity contribution in [3.05, 3.63) is 64.6 Å². The van der Waals surface area contributed by atoms with Crippen molar-refractivity contribution >= 4 is 5.69 Å². The molecule has 2 N–H and O–H groups in total. The van der Waals surface area contributed by atoms with Crippen molar-refractivity contribution in [1.29, 1.82) is 0 Å². The fourth-order valence-electron chi connectivity index (χ4n) is 2.19. The lowest BCUT2D eigenvalue weighted by atomic mass is 10.2. The molecule has 0 bridgehead atoms. The highest BCUT2D eigenvalue weighted by molar-refractivity contribution is 5.47. The molecule has 0 spiro atoms. The number of rotatable bonds is 6. The summed E-state index contributed by atoms with van der Waals surface area (Å²) in [5.41, 5.74) is 7.94. The van der Waals surface area contributed by atoms with E-state index in [4.69, 9.17) is 5.73 Å². The van der Waals surface area contributed by atoms with E-state index in [1.165, 1.54) is 0 Å². The summed E-state index contributed by atoms with van der Waals surface area (Å²) in [7, 11) is 0. The molecule has 4 heteroatoms. The number of hydrogen-bond donors (Lipinski definition) is 1. The number of hydrogen-bond acceptors (Lipinski definition) is 3. The molecule has 0 saturated carbocycles. The van der Waals surface area contributed by atoms with Crippen LogP contribution in [0.25, 0.3) is 0 Å². The monoisotopic (exact) mass is 271 g/mol. The zero-order valence-electron chi connectivity index (χ0n) is 11.8. The summed E-state index contributed by atoms with van der Waals surface area (Å²) >= 11 is 0. The second-order valence-electron chi connectivity index (χ2n) is 4.68. The molecular formula is C16H21N3O. The SMILES string of the molecule is CCN(CCn1ccccc1=O)c1ccc(CN)cc1. The van der Waals surface area contributed by atoms with Gasteiger partial charge in [0.15, 0.2) is 0 Å². The Kier molecular flexibility index (Phi) is 4.96. The smallest absolute Gasteiger partial charge is 0.250 e. The number of anilines is 1. The van der Waals surface area contributed by atoms with E-state index in [0.717, 1.165) is 24.3 Å². The maximum atomic E-state index is 11.7. The largest absolute Gasteiger partial charge is 0.370 e. The van der Waals surface area contributed by atoms with Gasteiger partial charge in [0, 0.05) is 44.1 Å². The Morgan fingerprint density at radius 3 is 2.50 bits per heavy atom. The van der Waals surface area contributed by atoms with Crippen LogP contribution in [-0.4, -0.2) is 17.7 Å². The van der Waals surface area contributed by atoms with Gasteiger partial charge in [-0.3, -0.25) is 4.79 Å². The van der Waals surface area contributed by atoms with Crippen LogP contribution in [0.2, 0.25) is 0 Å². The standard InChI is InChI=1S/C16H21N3O/c1-2-18(15-8-6-14(13-17)7-9-15)11-12-19-10-4-3-5-16(19)20/h3-10H,2,11-13,17H2,1H3. The molecule has 1 heterocycles.